The van der Waals surface area contributed by atoms with Crippen LogP contribution >= 0.6 is 11.3 Å². The highest BCUT2D eigenvalue weighted by Gasteiger charge is 2.18. The van der Waals surface area contributed by atoms with Crippen molar-refractivity contribution in [1.82, 2.24) is 10.2 Å². The third-order valence-electron chi connectivity index (χ3n) is 2.17. The summed E-state index contributed by atoms with van der Waals surface area (Å²) in [6.45, 7) is 1.35. The van der Waals surface area contributed by atoms with E-state index in [4.69, 9.17) is 0 Å². The molecule has 0 aliphatic rings. The van der Waals surface area contributed by atoms with Crippen LogP contribution in [-0.2, 0) is 20.4 Å². The summed E-state index contributed by atoms with van der Waals surface area (Å²) in [7, 11) is -3.43. The van der Waals surface area contributed by atoms with E-state index in [1.165, 1.54) is 19.1 Å². The highest BCUT2D eigenvalue weighted by Crippen LogP contribution is 2.21. The van der Waals surface area contributed by atoms with E-state index >= 15 is 0 Å². The highest BCUT2D eigenvalue weighted by atomic mass is 32.2. The van der Waals surface area contributed by atoms with Crippen LogP contribution in [-0.4, -0.2) is 24.5 Å². The smallest absolute Gasteiger partial charge is 0.223 e. The first kappa shape index (κ1) is 13.6. The Balaban J connectivity index is 2.17. The summed E-state index contributed by atoms with van der Waals surface area (Å²) in [5, 5.41) is 10.6. The SMILES string of the molecule is CC(=O)Nc1nnc(CS(=O)(=O)c2ccccc2)s1. The third kappa shape index (κ3) is 3.58. The lowest BCUT2D eigenvalue weighted by Gasteiger charge is -2.00. The number of nitrogens with zero attached hydrogens (tertiary/aromatic N) is 2. The molecule has 19 heavy (non-hydrogen) atoms. The lowest BCUT2D eigenvalue weighted by Crippen LogP contribution is -2.04. The molecule has 0 saturated carbocycles. The molecule has 0 aliphatic carbocycles. The lowest BCUT2D eigenvalue weighted by molar-refractivity contribution is -0.114. The number of hydrogen-bond donors (Lipinski definition) is 1. The molecule has 1 N–H and O–H groups in total. The maximum atomic E-state index is 12.1. The molecule has 2 aromatic rings. The summed E-state index contributed by atoms with van der Waals surface area (Å²) >= 11 is 1.05. The van der Waals surface area contributed by atoms with E-state index in [2.05, 4.69) is 15.5 Å². The second-order valence-corrected chi connectivity index (χ2v) is 6.81. The summed E-state index contributed by atoms with van der Waals surface area (Å²) in [5.41, 5.74) is 0. The van der Waals surface area contributed by atoms with Crippen LogP contribution in [0.25, 0.3) is 0 Å². The maximum absolute atomic E-state index is 12.1. The van der Waals surface area contributed by atoms with E-state index in [0.717, 1.165) is 11.3 Å². The van der Waals surface area contributed by atoms with E-state index < -0.39 is 9.84 Å². The van der Waals surface area contributed by atoms with Crippen LogP contribution < -0.4 is 5.32 Å². The molecule has 6 nitrogen and oxygen atoms in total. The van der Waals surface area contributed by atoms with Crippen LogP contribution in [0, 0.1) is 0 Å². The van der Waals surface area contributed by atoms with Crippen LogP contribution in [0.3, 0.4) is 0 Å². The van der Waals surface area contributed by atoms with Crippen molar-refractivity contribution in [3.05, 3.63) is 35.3 Å². The average molecular weight is 297 g/mol. The Bertz CT molecular complexity index is 680. The molecular formula is C11H11N3O3S2. The molecule has 1 aromatic carbocycles. The van der Waals surface area contributed by atoms with Gasteiger partial charge in [-0.1, -0.05) is 29.5 Å². The summed E-state index contributed by atoms with van der Waals surface area (Å²) in [4.78, 5) is 11.1. The number of carbonyl (C=O) groups is 1. The quantitative estimate of drug-likeness (QED) is 0.923. The van der Waals surface area contributed by atoms with Gasteiger partial charge in [0.25, 0.3) is 0 Å². The monoisotopic (exact) mass is 297 g/mol. The van der Waals surface area contributed by atoms with Gasteiger partial charge in [0, 0.05) is 6.92 Å². The zero-order chi connectivity index (χ0) is 13.9. The molecule has 0 spiro atoms. The number of nitrogens with one attached hydrogen (secondary N) is 1. The predicted molar refractivity (Wildman–Crippen MR) is 71.5 cm³/mol. The van der Waals surface area contributed by atoms with Gasteiger partial charge in [-0.05, 0) is 12.1 Å². The van der Waals surface area contributed by atoms with Crippen molar-refractivity contribution in [1.29, 1.82) is 0 Å². The molecule has 2 rings (SSSR count). The Morgan fingerprint density at radius 1 is 1.26 bits per heavy atom. The van der Waals surface area contributed by atoms with Crippen LogP contribution in [0.2, 0.25) is 0 Å². The van der Waals surface area contributed by atoms with E-state index in [1.54, 1.807) is 18.2 Å². The normalized spacial score (nSPS) is 11.2. The van der Waals surface area contributed by atoms with Gasteiger partial charge in [0.05, 0.1) is 4.90 Å². The largest absolute Gasteiger partial charge is 0.301 e. The summed E-state index contributed by atoms with van der Waals surface area (Å²) < 4.78 is 24.2. The van der Waals surface area contributed by atoms with Crippen molar-refractivity contribution in [3.63, 3.8) is 0 Å². The van der Waals surface area contributed by atoms with E-state index in [9.17, 15) is 13.2 Å². The molecular weight excluding hydrogens is 286 g/mol. The van der Waals surface area contributed by atoms with Gasteiger partial charge in [-0.3, -0.25) is 4.79 Å². The van der Waals surface area contributed by atoms with Gasteiger partial charge in [0.15, 0.2) is 9.84 Å². The van der Waals surface area contributed by atoms with Crippen molar-refractivity contribution in [2.45, 2.75) is 17.6 Å². The van der Waals surface area contributed by atoms with Gasteiger partial charge < -0.3 is 5.32 Å². The van der Waals surface area contributed by atoms with Gasteiger partial charge in [0.1, 0.15) is 10.8 Å². The molecule has 0 atom stereocenters. The second-order valence-electron chi connectivity index (χ2n) is 3.75. The Hall–Kier alpha value is -1.80. The van der Waals surface area contributed by atoms with Crippen LogP contribution in [0.15, 0.2) is 35.2 Å². The number of amides is 1. The Morgan fingerprint density at radius 3 is 2.58 bits per heavy atom. The third-order valence-corrected chi connectivity index (χ3v) is 4.83. The molecule has 0 radical (unpaired) electrons. The number of aromatic nitrogens is 2. The number of sulfone groups is 1. The van der Waals surface area contributed by atoms with E-state index in [-0.39, 0.29) is 16.6 Å². The van der Waals surface area contributed by atoms with Gasteiger partial charge in [-0.15, -0.1) is 10.2 Å². The van der Waals surface area contributed by atoms with Crippen LogP contribution in [0.1, 0.15) is 11.9 Å². The number of rotatable bonds is 4. The van der Waals surface area contributed by atoms with Gasteiger partial charge >= 0.3 is 0 Å². The fourth-order valence-corrected chi connectivity index (χ4v) is 3.79. The minimum atomic E-state index is -3.43. The number of carbonyl (C=O) groups excluding carboxylic acids is 1. The zero-order valence-corrected chi connectivity index (χ0v) is 11.7. The Morgan fingerprint density at radius 2 is 1.95 bits per heavy atom. The topological polar surface area (TPSA) is 89.0 Å². The molecule has 1 heterocycles. The molecule has 1 amide bonds. The summed E-state index contributed by atoms with van der Waals surface area (Å²) in [5.74, 6) is -0.498. The minimum absolute atomic E-state index is 0.228. The minimum Gasteiger partial charge on any atom is -0.301 e. The molecule has 0 bridgehead atoms. The molecule has 0 aliphatic heterocycles. The van der Waals surface area contributed by atoms with E-state index in [1.807, 2.05) is 0 Å². The predicted octanol–water partition coefficient (Wildman–Crippen LogP) is 1.47. The maximum Gasteiger partial charge on any atom is 0.223 e. The first-order valence-corrected chi connectivity index (χ1v) is 7.82. The average Bonchev–Trinajstić information content (AvgIpc) is 2.76. The Labute approximate surface area is 114 Å². The van der Waals surface area contributed by atoms with Crippen LogP contribution in [0.4, 0.5) is 5.13 Å². The first-order chi connectivity index (χ1) is 8.97. The van der Waals surface area contributed by atoms with Crippen LogP contribution in [0.5, 0.6) is 0 Å². The fourth-order valence-electron chi connectivity index (χ4n) is 1.39. The second kappa shape index (κ2) is 5.45. The molecule has 100 valence electrons. The number of benzene rings is 1. The molecule has 8 heteroatoms. The highest BCUT2D eigenvalue weighted by molar-refractivity contribution is 7.90. The molecule has 0 fully saturated rings. The van der Waals surface area contributed by atoms with Gasteiger partial charge in [0.2, 0.25) is 11.0 Å². The Kier molecular flexibility index (Phi) is 3.91. The summed E-state index contributed by atoms with van der Waals surface area (Å²) in [6, 6.07) is 8.14. The fraction of sp³-hybridized carbons (Fsp3) is 0.182. The first-order valence-electron chi connectivity index (χ1n) is 5.35. The van der Waals surface area contributed by atoms with Crippen molar-refractivity contribution in [3.8, 4) is 0 Å². The standard InChI is InChI=1S/C11H11N3O3S2/c1-8(15)12-11-14-13-10(18-11)7-19(16,17)9-5-3-2-4-6-9/h2-6H,7H2,1H3,(H,12,14,15). The molecule has 1 aromatic heterocycles. The summed E-state index contributed by atoms with van der Waals surface area (Å²) in [6.07, 6.45) is 0. The zero-order valence-electron chi connectivity index (χ0n) is 10.0. The van der Waals surface area contributed by atoms with Gasteiger partial charge in [-0.2, -0.15) is 0 Å². The molecule has 0 unspecified atom stereocenters. The van der Waals surface area contributed by atoms with Crippen molar-refractivity contribution in [2.24, 2.45) is 0 Å². The number of anilines is 1. The number of hydrogen-bond acceptors (Lipinski definition) is 6. The molecule has 0 saturated heterocycles. The van der Waals surface area contributed by atoms with Crippen molar-refractivity contribution >= 4 is 32.2 Å². The van der Waals surface area contributed by atoms with Gasteiger partial charge in [-0.25, -0.2) is 8.42 Å². The van der Waals surface area contributed by atoms with Crippen molar-refractivity contribution < 1.29 is 13.2 Å². The van der Waals surface area contributed by atoms with E-state index in [0.29, 0.717) is 10.1 Å². The van der Waals surface area contributed by atoms with Crippen molar-refractivity contribution in [2.75, 3.05) is 5.32 Å². The lowest BCUT2D eigenvalue weighted by atomic mass is 10.4.